The van der Waals surface area contributed by atoms with E-state index in [4.69, 9.17) is 24.7 Å². The van der Waals surface area contributed by atoms with Gasteiger partial charge in [-0.3, -0.25) is 4.90 Å². The second kappa shape index (κ2) is 11.1. The van der Waals surface area contributed by atoms with Crippen LogP contribution in [0.15, 0.2) is 52.4 Å². The molecule has 0 amide bonds. The molecule has 0 saturated carbocycles. The van der Waals surface area contributed by atoms with Crippen molar-refractivity contribution >= 4 is 21.6 Å². The third kappa shape index (κ3) is 5.35. The van der Waals surface area contributed by atoms with Crippen molar-refractivity contribution in [3.8, 4) is 23.0 Å². The fourth-order valence-corrected chi connectivity index (χ4v) is 5.51. The Morgan fingerprint density at radius 1 is 0.865 bits per heavy atom. The van der Waals surface area contributed by atoms with Crippen LogP contribution in [0.5, 0.6) is 23.0 Å². The van der Waals surface area contributed by atoms with Gasteiger partial charge in [-0.2, -0.15) is 4.98 Å². The largest absolute Gasteiger partial charge is 0.497 e. The molecule has 2 N–H and O–H groups in total. The Balaban J connectivity index is 1.44. The van der Waals surface area contributed by atoms with Crippen LogP contribution in [0.4, 0.5) is 11.8 Å². The highest BCUT2D eigenvalue weighted by Crippen LogP contribution is 2.40. The van der Waals surface area contributed by atoms with E-state index in [0.717, 1.165) is 18.7 Å². The summed E-state index contributed by atoms with van der Waals surface area (Å²) in [6.45, 7) is 3.46. The van der Waals surface area contributed by atoms with Crippen molar-refractivity contribution in [1.82, 2.24) is 14.9 Å². The number of methoxy groups -OCH3 is 4. The minimum atomic E-state index is -3.87. The van der Waals surface area contributed by atoms with Crippen molar-refractivity contribution in [1.29, 1.82) is 0 Å². The number of ether oxygens (including phenoxy) is 4. The van der Waals surface area contributed by atoms with E-state index in [1.165, 1.54) is 25.4 Å². The minimum Gasteiger partial charge on any atom is -0.497 e. The topological polar surface area (TPSA) is 129 Å². The average Bonchev–Trinajstić information content (AvgIpc) is 2.92. The van der Waals surface area contributed by atoms with Crippen molar-refractivity contribution in [3.63, 3.8) is 0 Å². The van der Waals surface area contributed by atoms with Crippen molar-refractivity contribution in [2.45, 2.75) is 16.3 Å². The Hall–Kier alpha value is -3.77. The third-order valence-electron chi connectivity index (χ3n) is 6.26. The first-order valence-corrected chi connectivity index (χ1v) is 13.1. The Kier molecular flexibility index (Phi) is 7.89. The third-order valence-corrected chi connectivity index (χ3v) is 8.05. The van der Waals surface area contributed by atoms with Gasteiger partial charge in [0.15, 0.2) is 11.5 Å². The van der Waals surface area contributed by atoms with Gasteiger partial charge in [-0.1, -0.05) is 6.07 Å². The van der Waals surface area contributed by atoms with Crippen LogP contribution in [0.25, 0.3) is 0 Å². The van der Waals surface area contributed by atoms with Crippen LogP contribution >= 0.6 is 0 Å². The van der Waals surface area contributed by atoms with E-state index in [1.54, 1.807) is 33.5 Å². The molecule has 11 nitrogen and oxygen atoms in total. The van der Waals surface area contributed by atoms with E-state index >= 15 is 0 Å². The summed E-state index contributed by atoms with van der Waals surface area (Å²) in [7, 11) is 2.43. The molecule has 4 rings (SSSR count). The van der Waals surface area contributed by atoms with Crippen molar-refractivity contribution in [3.05, 3.63) is 48.2 Å². The van der Waals surface area contributed by atoms with E-state index < -0.39 is 9.84 Å². The standard InChI is InChI=1S/C25H31N5O6S/c1-33-18-6-8-19(9-7-18)37(31,32)21-15-27-25(28-24(21)26)30-13-11-29(12-14-30)16-17-5-10-20(34-2)23(36-4)22(17)35-3/h5-10,15H,11-14,16H2,1-4H3,(H2,26,27,28). The Morgan fingerprint density at radius 2 is 1.54 bits per heavy atom. The number of nitrogens with zero attached hydrogens (tertiary/aromatic N) is 4. The molecular formula is C25H31N5O6S. The molecule has 3 aromatic rings. The highest BCUT2D eigenvalue weighted by molar-refractivity contribution is 7.91. The zero-order chi connectivity index (χ0) is 26.6. The fourth-order valence-electron chi connectivity index (χ4n) is 4.25. The summed E-state index contributed by atoms with van der Waals surface area (Å²) in [5.41, 5.74) is 7.08. The first kappa shape index (κ1) is 26.3. The highest BCUT2D eigenvalue weighted by atomic mass is 32.2. The van der Waals surface area contributed by atoms with Crippen LogP contribution in [0.1, 0.15) is 5.56 Å². The zero-order valence-electron chi connectivity index (χ0n) is 21.3. The Bertz CT molecular complexity index is 1340. The molecule has 0 bridgehead atoms. The summed E-state index contributed by atoms with van der Waals surface area (Å²) in [5.74, 6) is 2.69. The van der Waals surface area contributed by atoms with Gasteiger partial charge in [-0.25, -0.2) is 13.4 Å². The maximum atomic E-state index is 13.0. The molecule has 198 valence electrons. The molecule has 1 aromatic heterocycles. The summed E-state index contributed by atoms with van der Waals surface area (Å²) in [5, 5.41) is 0. The molecular weight excluding hydrogens is 498 g/mol. The number of hydrogen-bond acceptors (Lipinski definition) is 11. The van der Waals surface area contributed by atoms with Gasteiger partial charge in [0.05, 0.1) is 39.5 Å². The smallest absolute Gasteiger partial charge is 0.227 e. The van der Waals surface area contributed by atoms with Gasteiger partial charge in [0.25, 0.3) is 0 Å². The van der Waals surface area contributed by atoms with Crippen LogP contribution < -0.4 is 29.6 Å². The molecule has 1 fully saturated rings. The summed E-state index contributed by atoms with van der Waals surface area (Å²) < 4.78 is 47.7. The second-order valence-electron chi connectivity index (χ2n) is 8.36. The molecule has 0 spiro atoms. The molecule has 1 aliphatic rings. The number of anilines is 2. The van der Waals surface area contributed by atoms with Gasteiger partial charge in [-0.05, 0) is 30.3 Å². The quantitative estimate of drug-likeness (QED) is 0.438. The second-order valence-corrected chi connectivity index (χ2v) is 10.3. The Morgan fingerprint density at radius 3 is 2.11 bits per heavy atom. The van der Waals surface area contributed by atoms with E-state index in [2.05, 4.69) is 14.9 Å². The minimum absolute atomic E-state index is 0.0849. The SMILES string of the molecule is COc1ccc(S(=O)(=O)c2cnc(N3CCN(Cc4ccc(OC)c(OC)c4OC)CC3)nc2N)cc1. The van der Waals surface area contributed by atoms with E-state index in [-0.39, 0.29) is 15.6 Å². The number of hydrogen-bond donors (Lipinski definition) is 1. The van der Waals surface area contributed by atoms with Crippen molar-refractivity contribution in [2.24, 2.45) is 0 Å². The van der Waals surface area contributed by atoms with Gasteiger partial charge in [0.2, 0.25) is 21.5 Å². The van der Waals surface area contributed by atoms with Crippen LogP contribution in [0, 0.1) is 0 Å². The first-order valence-electron chi connectivity index (χ1n) is 11.6. The van der Waals surface area contributed by atoms with Crippen LogP contribution in [0.2, 0.25) is 0 Å². The molecule has 1 saturated heterocycles. The average molecular weight is 530 g/mol. The molecule has 1 aliphatic heterocycles. The number of rotatable bonds is 9. The highest BCUT2D eigenvalue weighted by Gasteiger charge is 2.26. The lowest BCUT2D eigenvalue weighted by molar-refractivity contribution is 0.242. The maximum absolute atomic E-state index is 13.0. The number of sulfone groups is 1. The monoisotopic (exact) mass is 529 g/mol. The lowest BCUT2D eigenvalue weighted by Crippen LogP contribution is -2.46. The molecule has 0 unspecified atom stereocenters. The van der Waals surface area contributed by atoms with Gasteiger partial charge >= 0.3 is 0 Å². The van der Waals surface area contributed by atoms with Gasteiger partial charge in [-0.15, -0.1) is 0 Å². The molecule has 2 heterocycles. The van der Waals surface area contributed by atoms with E-state index in [0.29, 0.717) is 48.6 Å². The Labute approximate surface area is 216 Å². The lowest BCUT2D eigenvalue weighted by Gasteiger charge is -2.35. The molecule has 12 heteroatoms. The predicted octanol–water partition coefficient (Wildman–Crippen LogP) is 2.25. The summed E-state index contributed by atoms with van der Waals surface area (Å²) in [4.78, 5) is 12.9. The van der Waals surface area contributed by atoms with Crippen molar-refractivity contribution in [2.75, 3.05) is 65.3 Å². The van der Waals surface area contributed by atoms with Gasteiger partial charge in [0.1, 0.15) is 16.5 Å². The van der Waals surface area contributed by atoms with Crippen molar-refractivity contribution < 1.29 is 27.4 Å². The van der Waals surface area contributed by atoms with E-state index in [1.807, 2.05) is 17.0 Å². The van der Waals surface area contributed by atoms with Crippen LogP contribution in [-0.2, 0) is 16.4 Å². The van der Waals surface area contributed by atoms with Crippen LogP contribution in [0.3, 0.4) is 0 Å². The molecule has 0 radical (unpaired) electrons. The van der Waals surface area contributed by atoms with E-state index in [9.17, 15) is 8.42 Å². The first-order chi connectivity index (χ1) is 17.8. The van der Waals surface area contributed by atoms with Gasteiger partial charge in [0, 0.05) is 38.3 Å². The number of nitrogens with two attached hydrogens (primary N) is 1. The normalized spacial score (nSPS) is 14.3. The van der Waals surface area contributed by atoms with Crippen LogP contribution in [-0.4, -0.2) is 77.9 Å². The molecule has 0 aliphatic carbocycles. The fraction of sp³-hybridized carbons (Fsp3) is 0.360. The summed E-state index contributed by atoms with van der Waals surface area (Å²) >= 11 is 0. The zero-order valence-corrected chi connectivity index (χ0v) is 22.1. The number of piperazine rings is 1. The number of aromatic nitrogens is 2. The number of benzene rings is 2. The predicted molar refractivity (Wildman–Crippen MR) is 138 cm³/mol. The van der Waals surface area contributed by atoms with Gasteiger partial charge < -0.3 is 29.6 Å². The number of nitrogen functional groups attached to an aromatic ring is 1. The summed E-state index contributed by atoms with van der Waals surface area (Å²) in [6, 6.07) is 9.93. The molecule has 0 atom stereocenters. The summed E-state index contributed by atoms with van der Waals surface area (Å²) in [6.07, 6.45) is 1.28. The lowest BCUT2D eigenvalue weighted by atomic mass is 10.1. The molecule has 2 aromatic carbocycles. The molecule has 37 heavy (non-hydrogen) atoms. The maximum Gasteiger partial charge on any atom is 0.227 e.